The molecule has 0 amide bonds. The molecule has 0 bridgehead atoms. The molecule has 156 valence electrons. The molecule has 7 heteroatoms. The quantitative estimate of drug-likeness (QED) is 0.511. The molecule has 0 N–H and O–H groups in total. The predicted molar refractivity (Wildman–Crippen MR) is 117 cm³/mol. The molecule has 1 fully saturated rings. The van der Waals surface area contributed by atoms with E-state index in [0.717, 1.165) is 43.0 Å². The van der Waals surface area contributed by atoms with Crippen molar-refractivity contribution in [3.8, 4) is 0 Å². The molecule has 7 nitrogen and oxygen atoms in total. The van der Waals surface area contributed by atoms with Crippen LogP contribution in [0.2, 0.25) is 0 Å². The molecule has 0 atom stereocenters. The zero-order valence-electron chi connectivity index (χ0n) is 17.4. The summed E-state index contributed by atoms with van der Waals surface area (Å²) in [5.41, 5.74) is 4.19. The molecule has 3 aromatic rings. The molecule has 1 aliphatic carbocycles. The summed E-state index contributed by atoms with van der Waals surface area (Å²) in [6.07, 6.45) is 0. The first kappa shape index (κ1) is 19.4. The fourth-order valence-electron chi connectivity index (χ4n) is 4.22. The van der Waals surface area contributed by atoms with Gasteiger partial charge in [0.15, 0.2) is 5.69 Å². The van der Waals surface area contributed by atoms with Crippen LogP contribution in [0.1, 0.15) is 43.2 Å². The lowest BCUT2D eigenvalue weighted by Gasteiger charge is -2.35. The zero-order chi connectivity index (χ0) is 21.5. The van der Waals surface area contributed by atoms with E-state index >= 15 is 0 Å². The number of carbonyl (C=O) groups is 2. The van der Waals surface area contributed by atoms with Crippen molar-refractivity contribution in [1.29, 1.82) is 0 Å². The SMILES string of the molecule is C=C(c1cccc(Cn2nnc3c2C(=O)c2ccccc2C3=O)c1)N1CCN(C)CC1. The summed E-state index contributed by atoms with van der Waals surface area (Å²) in [6, 6.07) is 14.9. The normalized spacial score (nSPS) is 16.2. The molecular weight excluding hydrogens is 390 g/mol. The van der Waals surface area contributed by atoms with Crippen LogP contribution in [0.4, 0.5) is 0 Å². The summed E-state index contributed by atoms with van der Waals surface area (Å²) in [5.74, 6) is -0.471. The molecule has 2 heterocycles. The lowest BCUT2D eigenvalue weighted by atomic mass is 9.90. The molecule has 5 rings (SSSR count). The Balaban J connectivity index is 1.42. The number of likely N-dealkylation sites (N-methyl/N-ethyl adjacent to an activating group) is 1. The first-order chi connectivity index (χ1) is 15.0. The second kappa shape index (κ2) is 7.59. The Labute approximate surface area is 180 Å². The number of benzene rings is 2. The highest BCUT2D eigenvalue weighted by molar-refractivity contribution is 6.26. The van der Waals surface area contributed by atoms with Crippen molar-refractivity contribution >= 4 is 17.3 Å². The summed E-state index contributed by atoms with van der Waals surface area (Å²) < 4.78 is 1.53. The second-order valence-electron chi connectivity index (χ2n) is 8.09. The molecule has 0 spiro atoms. The van der Waals surface area contributed by atoms with Gasteiger partial charge in [0, 0.05) is 43.0 Å². The summed E-state index contributed by atoms with van der Waals surface area (Å²) in [4.78, 5) is 30.4. The summed E-state index contributed by atoms with van der Waals surface area (Å²) in [7, 11) is 2.13. The summed E-state index contributed by atoms with van der Waals surface area (Å²) in [5, 5.41) is 8.17. The van der Waals surface area contributed by atoms with E-state index in [4.69, 9.17) is 0 Å². The van der Waals surface area contributed by atoms with Gasteiger partial charge < -0.3 is 9.80 Å². The van der Waals surface area contributed by atoms with Crippen LogP contribution >= 0.6 is 0 Å². The van der Waals surface area contributed by atoms with E-state index in [1.807, 2.05) is 18.2 Å². The first-order valence-electron chi connectivity index (χ1n) is 10.4. The van der Waals surface area contributed by atoms with E-state index in [1.165, 1.54) is 4.68 Å². The van der Waals surface area contributed by atoms with Gasteiger partial charge in [-0.25, -0.2) is 4.68 Å². The lowest BCUT2D eigenvalue weighted by Crippen LogP contribution is -2.43. The molecule has 31 heavy (non-hydrogen) atoms. The first-order valence-corrected chi connectivity index (χ1v) is 10.4. The van der Waals surface area contributed by atoms with Crippen LogP contribution in [-0.4, -0.2) is 69.6 Å². The van der Waals surface area contributed by atoms with Crippen molar-refractivity contribution in [2.24, 2.45) is 0 Å². The maximum atomic E-state index is 13.1. The van der Waals surface area contributed by atoms with Crippen LogP contribution < -0.4 is 0 Å². The Morgan fingerprint density at radius 3 is 2.42 bits per heavy atom. The van der Waals surface area contributed by atoms with Crippen molar-refractivity contribution in [3.63, 3.8) is 0 Å². The minimum atomic E-state index is -0.256. The molecule has 1 aliphatic heterocycles. The van der Waals surface area contributed by atoms with Gasteiger partial charge >= 0.3 is 0 Å². The van der Waals surface area contributed by atoms with Crippen molar-refractivity contribution < 1.29 is 9.59 Å². The van der Waals surface area contributed by atoms with Gasteiger partial charge in [-0.15, -0.1) is 5.10 Å². The molecule has 1 saturated heterocycles. The molecule has 2 aliphatic rings. The Morgan fingerprint density at radius 2 is 1.68 bits per heavy atom. The lowest BCUT2D eigenvalue weighted by molar-refractivity contribution is 0.0971. The van der Waals surface area contributed by atoms with Crippen LogP contribution in [0.3, 0.4) is 0 Å². The predicted octanol–water partition coefficient (Wildman–Crippen LogP) is 2.32. The zero-order valence-corrected chi connectivity index (χ0v) is 17.4. The van der Waals surface area contributed by atoms with Crippen molar-refractivity contribution in [2.75, 3.05) is 33.2 Å². The van der Waals surface area contributed by atoms with Crippen LogP contribution in [0.5, 0.6) is 0 Å². The monoisotopic (exact) mass is 413 g/mol. The fraction of sp³-hybridized carbons (Fsp3) is 0.250. The van der Waals surface area contributed by atoms with Gasteiger partial charge in [-0.2, -0.15) is 0 Å². The summed E-state index contributed by atoms with van der Waals surface area (Å²) >= 11 is 0. The molecular formula is C24H23N5O2. The number of nitrogens with zero attached hydrogens (tertiary/aromatic N) is 5. The fourth-order valence-corrected chi connectivity index (χ4v) is 4.22. The van der Waals surface area contributed by atoms with Crippen molar-refractivity contribution in [3.05, 3.63) is 88.8 Å². The minimum Gasteiger partial charge on any atom is -0.369 e. The van der Waals surface area contributed by atoms with E-state index in [2.05, 4.69) is 39.8 Å². The average Bonchev–Trinajstić information content (AvgIpc) is 3.22. The molecule has 2 aromatic carbocycles. The third-order valence-corrected chi connectivity index (χ3v) is 6.06. The number of fused-ring (bicyclic) bond motifs is 2. The highest BCUT2D eigenvalue weighted by Crippen LogP contribution is 2.26. The van der Waals surface area contributed by atoms with Crippen LogP contribution in [0.25, 0.3) is 5.70 Å². The molecule has 0 unspecified atom stereocenters. The van der Waals surface area contributed by atoms with Gasteiger partial charge in [-0.1, -0.05) is 54.3 Å². The van der Waals surface area contributed by atoms with E-state index in [-0.39, 0.29) is 23.0 Å². The third kappa shape index (κ3) is 3.37. The van der Waals surface area contributed by atoms with Crippen molar-refractivity contribution in [1.82, 2.24) is 24.8 Å². The number of ketones is 2. The maximum Gasteiger partial charge on any atom is 0.216 e. The smallest absolute Gasteiger partial charge is 0.216 e. The maximum absolute atomic E-state index is 13.1. The Bertz CT molecular complexity index is 1200. The Hall–Kier alpha value is -3.58. The van der Waals surface area contributed by atoms with Gasteiger partial charge in [0.1, 0.15) is 5.69 Å². The number of hydrogen-bond acceptors (Lipinski definition) is 6. The molecule has 0 saturated carbocycles. The van der Waals surface area contributed by atoms with Crippen LogP contribution in [0.15, 0.2) is 55.1 Å². The van der Waals surface area contributed by atoms with Gasteiger partial charge in [-0.3, -0.25) is 9.59 Å². The summed E-state index contributed by atoms with van der Waals surface area (Å²) in [6.45, 7) is 8.59. The van der Waals surface area contributed by atoms with Gasteiger partial charge in [-0.05, 0) is 24.2 Å². The average molecular weight is 413 g/mol. The van der Waals surface area contributed by atoms with Gasteiger partial charge in [0.2, 0.25) is 11.6 Å². The second-order valence-corrected chi connectivity index (χ2v) is 8.09. The number of piperazine rings is 1. The molecule has 1 aromatic heterocycles. The van der Waals surface area contributed by atoms with Crippen molar-refractivity contribution in [2.45, 2.75) is 6.54 Å². The largest absolute Gasteiger partial charge is 0.369 e. The van der Waals surface area contributed by atoms with Crippen LogP contribution in [-0.2, 0) is 6.54 Å². The highest BCUT2D eigenvalue weighted by Gasteiger charge is 2.34. The van der Waals surface area contributed by atoms with E-state index in [9.17, 15) is 9.59 Å². The number of carbonyl (C=O) groups excluding carboxylic acids is 2. The Kier molecular flexibility index (Phi) is 4.75. The number of rotatable bonds is 4. The standard InChI is InChI=1S/C24H23N5O2/c1-16(28-12-10-27(2)11-13-28)18-7-5-6-17(14-18)15-29-22-21(25-26-29)23(30)19-8-3-4-9-20(19)24(22)31/h3-9,14H,1,10-13,15H2,2H3. The third-order valence-electron chi connectivity index (χ3n) is 6.06. The Morgan fingerprint density at radius 1 is 0.968 bits per heavy atom. The molecule has 0 radical (unpaired) electrons. The van der Waals surface area contributed by atoms with E-state index in [0.29, 0.717) is 17.7 Å². The topological polar surface area (TPSA) is 71.3 Å². The van der Waals surface area contributed by atoms with Gasteiger partial charge in [0.05, 0.1) is 6.54 Å². The van der Waals surface area contributed by atoms with Crippen LogP contribution in [0, 0.1) is 0 Å². The highest BCUT2D eigenvalue weighted by atomic mass is 16.1. The minimum absolute atomic E-state index is 0.127. The number of aromatic nitrogens is 3. The number of hydrogen-bond donors (Lipinski definition) is 0. The van der Waals surface area contributed by atoms with Gasteiger partial charge in [0.25, 0.3) is 0 Å². The van der Waals surface area contributed by atoms with E-state index in [1.54, 1.807) is 24.3 Å². The van der Waals surface area contributed by atoms with E-state index < -0.39 is 0 Å².